The Morgan fingerprint density at radius 3 is 2.57 bits per heavy atom. The predicted octanol–water partition coefficient (Wildman–Crippen LogP) is 3.76. The normalized spacial score (nSPS) is 20.6. The summed E-state index contributed by atoms with van der Waals surface area (Å²) < 4.78 is 28.5. The molecular formula is C23H30N2O2S. The summed E-state index contributed by atoms with van der Waals surface area (Å²) in [5, 5.41) is 0. The van der Waals surface area contributed by atoms with Crippen LogP contribution in [0, 0.1) is 5.92 Å². The molecule has 5 heteroatoms. The molecule has 1 heterocycles. The number of benzene rings is 2. The summed E-state index contributed by atoms with van der Waals surface area (Å²) in [5.41, 5.74) is 3.84. The first-order valence-electron chi connectivity index (χ1n) is 10.5. The summed E-state index contributed by atoms with van der Waals surface area (Å²) >= 11 is 0. The first kappa shape index (κ1) is 19.6. The second-order valence-electron chi connectivity index (χ2n) is 8.22. The van der Waals surface area contributed by atoms with Gasteiger partial charge < -0.3 is 0 Å². The predicted molar refractivity (Wildman–Crippen MR) is 113 cm³/mol. The maximum Gasteiger partial charge on any atom is 0.240 e. The average Bonchev–Trinajstić information content (AvgIpc) is 2.73. The molecule has 2 aromatic carbocycles. The second kappa shape index (κ2) is 8.76. The minimum Gasteiger partial charge on any atom is -0.299 e. The molecule has 1 fully saturated rings. The molecule has 1 aliphatic carbocycles. The number of likely N-dealkylation sites (tertiary alicyclic amines) is 1. The minimum absolute atomic E-state index is 0.366. The summed E-state index contributed by atoms with van der Waals surface area (Å²) in [6.07, 6.45) is 6.63. The zero-order chi connectivity index (χ0) is 19.4. The molecule has 4 rings (SSSR count). The van der Waals surface area contributed by atoms with Gasteiger partial charge >= 0.3 is 0 Å². The lowest BCUT2D eigenvalue weighted by molar-refractivity contribution is 0.169. The number of aryl methyl sites for hydroxylation is 2. The first-order valence-corrected chi connectivity index (χ1v) is 12.0. The average molecular weight is 399 g/mol. The van der Waals surface area contributed by atoms with E-state index in [4.69, 9.17) is 0 Å². The number of rotatable bonds is 6. The van der Waals surface area contributed by atoms with Gasteiger partial charge in [0.2, 0.25) is 10.0 Å². The molecule has 28 heavy (non-hydrogen) atoms. The highest BCUT2D eigenvalue weighted by Gasteiger charge is 2.23. The zero-order valence-corrected chi connectivity index (χ0v) is 17.3. The van der Waals surface area contributed by atoms with Gasteiger partial charge in [0.05, 0.1) is 4.90 Å². The summed E-state index contributed by atoms with van der Waals surface area (Å²) in [7, 11) is -3.44. The number of nitrogens with one attached hydrogen (secondary N) is 1. The van der Waals surface area contributed by atoms with E-state index < -0.39 is 10.0 Å². The van der Waals surface area contributed by atoms with Crippen LogP contribution in [0.15, 0.2) is 53.4 Å². The molecular weight excluding hydrogens is 368 g/mol. The summed E-state index contributed by atoms with van der Waals surface area (Å²) in [4.78, 5) is 2.86. The van der Waals surface area contributed by atoms with Crippen molar-refractivity contribution < 1.29 is 8.42 Å². The minimum atomic E-state index is -3.44. The van der Waals surface area contributed by atoms with Gasteiger partial charge in [0.15, 0.2) is 0 Å². The molecule has 1 saturated heterocycles. The summed E-state index contributed by atoms with van der Waals surface area (Å²) in [6.45, 7) is 3.49. The van der Waals surface area contributed by atoms with Crippen molar-refractivity contribution in [2.45, 2.75) is 50.0 Å². The van der Waals surface area contributed by atoms with E-state index in [-0.39, 0.29) is 0 Å². The van der Waals surface area contributed by atoms with Crippen LogP contribution in [0.5, 0.6) is 0 Å². The molecule has 0 spiro atoms. The molecule has 2 aliphatic rings. The fourth-order valence-electron chi connectivity index (χ4n) is 4.49. The van der Waals surface area contributed by atoms with E-state index in [1.165, 1.54) is 23.1 Å². The first-order chi connectivity index (χ1) is 13.6. The largest absolute Gasteiger partial charge is 0.299 e. The van der Waals surface area contributed by atoms with E-state index >= 15 is 0 Å². The quantitative estimate of drug-likeness (QED) is 0.806. The van der Waals surface area contributed by atoms with Gasteiger partial charge in [-0.05, 0) is 79.8 Å². The Bertz CT molecular complexity index is 896. The van der Waals surface area contributed by atoms with Gasteiger partial charge in [-0.25, -0.2) is 13.1 Å². The lowest BCUT2D eigenvalue weighted by Gasteiger charge is -2.32. The molecule has 0 amide bonds. The Morgan fingerprint density at radius 1 is 0.964 bits per heavy atom. The summed E-state index contributed by atoms with van der Waals surface area (Å²) in [5.74, 6) is 0.366. The maximum atomic E-state index is 12.8. The van der Waals surface area contributed by atoms with E-state index in [0.29, 0.717) is 17.4 Å². The van der Waals surface area contributed by atoms with Crippen LogP contribution >= 0.6 is 0 Å². The number of sulfonamides is 1. The van der Waals surface area contributed by atoms with Crippen LogP contribution in [0.3, 0.4) is 0 Å². The highest BCUT2D eigenvalue weighted by molar-refractivity contribution is 7.89. The third-order valence-corrected chi connectivity index (χ3v) is 7.47. The van der Waals surface area contributed by atoms with Crippen LogP contribution in [0.2, 0.25) is 0 Å². The van der Waals surface area contributed by atoms with Crippen molar-refractivity contribution in [1.82, 2.24) is 9.62 Å². The van der Waals surface area contributed by atoms with E-state index in [9.17, 15) is 8.42 Å². The van der Waals surface area contributed by atoms with Crippen molar-refractivity contribution in [1.29, 1.82) is 0 Å². The SMILES string of the molecule is O=S(=O)(NCC1CCCN(Cc2ccccc2)C1)c1ccc2c(c1)CCCC2. The Balaban J connectivity index is 1.35. The molecule has 150 valence electrons. The zero-order valence-electron chi connectivity index (χ0n) is 16.4. The van der Waals surface area contributed by atoms with Crippen LogP contribution in [0.25, 0.3) is 0 Å². The van der Waals surface area contributed by atoms with Crippen LogP contribution in [0.1, 0.15) is 42.4 Å². The number of piperidine rings is 1. The molecule has 2 aromatic rings. The highest BCUT2D eigenvalue weighted by atomic mass is 32.2. The van der Waals surface area contributed by atoms with Crippen molar-refractivity contribution in [3.05, 3.63) is 65.2 Å². The fourth-order valence-corrected chi connectivity index (χ4v) is 5.66. The molecule has 1 N–H and O–H groups in total. The van der Waals surface area contributed by atoms with Crippen molar-refractivity contribution in [2.75, 3.05) is 19.6 Å². The number of fused-ring (bicyclic) bond motifs is 1. The van der Waals surface area contributed by atoms with Gasteiger partial charge in [-0.15, -0.1) is 0 Å². The smallest absolute Gasteiger partial charge is 0.240 e. The number of nitrogens with zero attached hydrogens (tertiary/aromatic N) is 1. The van der Waals surface area contributed by atoms with Crippen LogP contribution in [-0.4, -0.2) is 33.0 Å². The standard InChI is InChI=1S/C23H30N2O2S/c26-28(27,23-13-12-21-10-4-5-11-22(21)15-23)24-16-20-9-6-14-25(18-20)17-19-7-2-1-3-8-19/h1-3,7-8,12-13,15,20,24H,4-6,9-11,14,16-18H2. The molecule has 0 radical (unpaired) electrons. The van der Waals surface area contributed by atoms with Gasteiger partial charge in [0, 0.05) is 19.6 Å². The lowest BCUT2D eigenvalue weighted by atomic mass is 9.92. The third kappa shape index (κ3) is 4.83. The highest BCUT2D eigenvalue weighted by Crippen LogP contribution is 2.24. The van der Waals surface area contributed by atoms with Crippen molar-refractivity contribution in [3.8, 4) is 0 Å². The van der Waals surface area contributed by atoms with E-state index in [0.717, 1.165) is 51.7 Å². The van der Waals surface area contributed by atoms with Gasteiger partial charge in [0.1, 0.15) is 0 Å². The van der Waals surface area contributed by atoms with Crippen LogP contribution in [-0.2, 0) is 29.4 Å². The topological polar surface area (TPSA) is 49.4 Å². The monoisotopic (exact) mass is 398 g/mol. The van der Waals surface area contributed by atoms with Gasteiger partial charge in [-0.2, -0.15) is 0 Å². The van der Waals surface area contributed by atoms with Crippen molar-refractivity contribution >= 4 is 10.0 Å². The number of hydrogen-bond acceptors (Lipinski definition) is 3. The molecule has 0 aromatic heterocycles. The Labute approximate surface area is 169 Å². The summed E-state index contributed by atoms with van der Waals surface area (Å²) in [6, 6.07) is 16.2. The Morgan fingerprint density at radius 2 is 1.75 bits per heavy atom. The fraction of sp³-hybridized carbons (Fsp3) is 0.478. The van der Waals surface area contributed by atoms with E-state index in [1.54, 1.807) is 6.07 Å². The second-order valence-corrected chi connectivity index (χ2v) is 9.99. The molecule has 0 saturated carbocycles. The molecule has 1 aliphatic heterocycles. The Hall–Kier alpha value is -1.69. The van der Waals surface area contributed by atoms with E-state index in [1.807, 2.05) is 18.2 Å². The van der Waals surface area contributed by atoms with Gasteiger partial charge in [-0.3, -0.25) is 4.90 Å². The van der Waals surface area contributed by atoms with Crippen LogP contribution in [0.4, 0.5) is 0 Å². The maximum absolute atomic E-state index is 12.8. The van der Waals surface area contributed by atoms with E-state index in [2.05, 4.69) is 33.9 Å². The number of hydrogen-bond donors (Lipinski definition) is 1. The Kier molecular flexibility index (Phi) is 6.14. The molecule has 0 bridgehead atoms. The molecule has 1 unspecified atom stereocenters. The third-order valence-electron chi connectivity index (χ3n) is 6.04. The van der Waals surface area contributed by atoms with Gasteiger partial charge in [-0.1, -0.05) is 36.4 Å². The molecule has 1 atom stereocenters. The lowest BCUT2D eigenvalue weighted by Crippen LogP contribution is -2.40. The van der Waals surface area contributed by atoms with Crippen molar-refractivity contribution in [3.63, 3.8) is 0 Å². The molecule has 4 nitrogen and oxygen atoms in total. The van der Waals surface area contributed by atoms with Gasteiger partial charge in [0.25, 0.3) is 0 Å². The van der Waals surface area contributed by atoms with Crippen molar-refractivity contribution in [2.24, 2.45) is 5.92 Å². The van der Waals surface area contributed by atoms with Crippen LogP contribution < -0.4 is 4.72 Å².